The van der Waals surface area contributed by atoms with Crippen LogP contribution in [0.25, 0.3) is 0 Å². The lowest BCUT2D eigenvalue weighted by Crippen LogP contribution is -2.32. The van der Waals surface area contributed by atoms with Gasteiger partial charge in [0, 0.05) is 6.54 Å². The molecule has 0 bridgehead atoms. The van der Waals surface area contributed by atoms with Crippen molar-refractivity contribution in [2.75, 3.05) is 39.0 Å². The molecule has 1 aliphatic rings. The number of carbonyl (C=O) groups excluding carboxylic acids is 2. The molecule has 1 aromatic rings. The van der Waals surface area contributed by atoms with E-state index in [2.05, 4.69) is 18.7 Å². The number of hydrogen-bond acceptors (Lipinski definition) is 5. The summed E-state index contributed by atoms with van der Waals surface area (Å²) in [7, 11) is 1.37. The number of ether oxygens (including phenoxy) is 1. The molecule has 0 aromatic heterocycles. The molecule has 2 rings (SSSR count). The van der Waals surface area contributed by atoms with E-state index in [4.69, 9.17) is 4.74 Å². The number of esters is 1. The first-order valence-corrected chi connectivity index (χ1v) is 9.47. The van der Waals surface area contributed by atoms with Crippen molar-refractivity contribution in [1.82, 2.24) is 9.80 Å². The molecule has 24 heavy (non-hydrogen) atoms. The number of carbonyl (C=O) groups is 2. The topological polar surface area (TPSA) is 49.9 Å². The smallest absolute Gasteiger partial charge is 0.337 e. The summed E-state index contributed by atoms with van der Waals surface area (Å²) in [6, 6.07) is 7.36. The lowest BCUT2D eigenvalue weighted by atomic mass is 10.1. The Morgan fingerprint density at radius 3 is 2.54 bits per heavy atom. The normalized spacial score (nSPS) is 17.6. The molecule has 1 aromatic carbocycles. The summed E-state index contributed by atoms with van der Waals surface area (Å²) in [6.07, 6.45) is 0.977. The molecule has 0 aliphatic carbocycles. The van der Waals surface area contributed by atoms with Crippen molar-refractivity contribution in [2.24, 2.45) is 0 Å². The van der Waals surface area contributed by atoms with E-state index < -0.39 is 0 Å². The molecule has 1 heterocycles. The third kappa shape index (κ3) is 4.51. The summed E-state index contributed by atoms with van der Waals surface area (Å²) < 4.78 is 4.72. The largest absolute Gasteiger partial charge is 0.465 e. The van der Waals surface area contributed by atoms with Crippen LogP contribution in [0.4, 0.5) is 0 Å². The molecule has 0 N–H and O–H groups in total. The predicted octanol–water partition coefficient (Wildman–Crippen LogP) is 2.78. The van der Waals surface area contributed by atoms with Gasteiger partial charge in [-0.05, 0) is 43.8 Å². The number of nitrogens with zero attached hydrogens (tertiary/aromatic N) is 2. The van der Waals surface area contributed by atoms with Crippen molar-refractivity contribution < 1.29 is 14.3 Å². The highest BCUT2D eigenvalue weighted by Crippen LogP contribution is 2.38. The molecular weight excluding hydrogens is 324 g/mol. The van der Waals surface area contributed by atoms with Gasteiger partial charge < -0.3 is 14.5 Å². The Balaban J connectivity index is 2.00. The Bertz CT molecular complexity index is 558. The molecule has 1 amide bonds. The van der Waals surface area contributed by atoms with Crippen molar-refractivity contribution in [2.45, 2.75) is 25.6 Å². The van der Waals surface area contributed by atoms with Gasteiger partial charge in [0.05, 0.1) is 18.4 Å². The van der Waals surface area contributed by atoms with Crippen LogP contribution in [0.3, 0.4) is 0 Å². The molecule has 1 aliphatic heterocycles. The first-order chi connectivity index (χ1) is 11.6. The number of hydrogen-bond donors (Lipinski definition) is 0. The number of rotatable bonds is 8. The van der Waals surface area contributed by atoms with Gasteiger partial charge in [-0.3, -0.25) is 4.79 Å². The fourth-order valence-corrected chi connectivity index (χ4v) is 4.10. The third-order valence-corrected chi connectivity index (χ3v) is 5.61. The highest BCUT2D eigenvalue weighted by Gasteiger charge is 2.32. The van der Waals surface area contributed by atoms with E-state index >= 15 is 0 Å². The molecule has 0 spiro atoms. The van der Waals surface area contributed by atoms with Gasteiger partial charge in [-0.2, -0.15) is 0 Å². The second-order valence-electron chi connectivity index (χ2n) is 5.74. The van der Waals surface area contributed by atoms with Crippen molar-refractivity contribution in [1.29, 1.82) is 0 Å². The minimum absolute atomic E-state index is 0.0425. The fourth-order valence-electron chi connectivity index (χ4n) is 2.88. The van der Waals surface area contributed by atoms with Gasteiger partial charge in [0.1, 0.15) is 5.37 Å². The van der Waals surface area contributed by atoms with Gasteiger partial charge in [0.2, 0.25) is 5.91 Å². The number of benzene rings is 1. The van der Waals surface area contributed by atoms with Crippen LogP contribution in [0.2, 0.25) is 0 Å². The number of amides is 1. The Morgan fingerprint density at radius 2 is 1.96 bits per heavy atom. The minimum Gasteiger partial charge on any atom is -0.465 e. The monoisotopic (exact) mass is 350 g/mol. The zero-order chi connectivity index (χ0) is 17.5. The fraction of sp³-hybridized carbons (Fsp3) is 0.556. The third-order valence-electron chi connectivity index (χ3n) is 4.35. The van der Waals surface area contributed by atoms with E-state index in [0.717, 1.165) is 38.2 Å². The second-order valence-corrected chi connectivity index (χ2v) is 6.81. The van der Waals surface area contributed by atoms with Crippen LogP contribution in [-0.4, -0.2) is 60.7 Å². The minimum atomic E-state index is -0.340. The molecule has 0 saturated carbocycles. The van der Waals surface area contributed by atoms with Crippen molar-refractivity contribution >= 4 is 23.6 Å². The van der Waals surface area contributed by atoms with Crippen LogP contribution < -0.4 is 0 Å². The molecule has 1 unspecified atom stereocenters. The molecule has 132 valence electrons. The zero-order valence-corrected chi connectivity index (χ0v) is 15.5. The molecule has 1 fully saturated rings. The molecule has 6 heteroatoms. The van der Waals surface area contributed by atoms with Gasteiger partial charge in [0.15, 0.2) is 0 Å². The average molecular weight is 350 g/mol. The lowest BCUT2D eigenvalue weighted by molar-refractivity contribution is -0.128. The summed E-state index contributed by atoms with van der Waals surface area (Å²) in [4.78, 5) is 28.1. The molecule has 1 atom stereocenters. The average Bonchev–Trinajstić information content (AvgIpc) is 2.99. The Morgan fingerprint density at radius 1 is 1.29 bits per heavy atom. The summed E-state index contributed by atoms with van der Waals surface area (Å²) in [5, 5.41) is 0.0425. The molecule has 5 nitrogen and oxygen atoms in total. The van der Waals surface area contributed by atoms with Gasteiger partial charge in [-0.15, -0.1) is 11.8 Å². The Hall–Kier alpha value is -1.53. The van der Waals surface area contributed by atoms with E-state index in [-0.39, 0.29) is 17.3 Å². The van der Waals surface area contributed by atoms with Crippen LogP contribution in [0, 0.1) is 0 Å². The molecular formula is C18H26N2O3S. The standard InChI is InChI=1S/C18H26N2O3S/c1-4-19(5-2)11-6-12-20-16(21)13-24-17(20)14-7-9-15(10-8-14)18(22)23-3/h7-10,17H,4-6,11-13H2,1-3H3. The van der Waals surface area contributed by atoms with E-state index in [1.807, 2.05) is 17.0 Å². The van der Waals surface area contributed by atoms with Gasteiger partial charge >= 0.3 is 5.97 Å². The Labute approximate surface area is 148 Å². The van der Waals surface area contributed by atoms with Crippen LogP contribution in [0.1, 0.15) is 41.6 Å². The number of thioether (sulfide) groups is 1. The second kappa shape index (κ2) is 9.08. The van der Waals surface area contributed by atoms with Gasteiger partial charge in [0.25, 0.3) is 0 Å². The van der Waals surface area contributed by atoms with E-state index in [1.54, 1.807) is 23.9 Å². The SMILES string of the molecule is CCN(CC)CCCN1C(=O)CSC1c1ccc(C(=O)OC)cc1. The maximum Gasteiger partial charge on any atom is 0.337 e. The highest BCUT2D eigenvalue weighted by atomic mass is 32.2. The molecule has 1 saturated heterocycles. The van der Waals surface area contributed by atoms with Crippen molar-refractivity contribution in [3.8, 4) is 0 Å². The van der Waals surface area contributed by atoms with Crippen molar-refractivity contribution in [3.63, 3.8) is 0 Å². The van der Waals surface area contributed by atoms with E-state index in [1.165, 1.54) is 7.11 Å². The quantitative estimate of drug-likeness (QED) is 0.675. The number of methoxy groups -OCH3 is 1. The van der Waals surface area contributed by atoms with Crippen molar-refractivity contribution in [3.05, 3.63) is 35.4 Å². The van der Waals surface area contributed by atoms with E-state index in [0.29, 0.717) is 11.3 Å². The van der Waals surface area contributed by atoms with E-state index in [9.17, 15) is 9.59 Å². The summed E-state index contributed by atoms with van der Waals surface area (Å²) >= 11 is 1.65. The first-order valence-electron chi connectivity index (χ1n) is 8.42. The highest BCUT2D eigenvalue weighted by molar-refractivity contribution is 8.00. The summed E-state index contributed by atoms with van der Waals surface area (Å²) in [5.41, 5.74) is 1.59. The zero-order valence-electron chi connectivity index (χ0n) is 14.7. The Kier molecular flexibility index (Phi) is 7.12. The summed E-state index contributed by atoms with van der Waals surface area (Å²) in [5.74, 6) is 0.378. The van der Waals surface area contributed by atoms with Crippen LogP contribution in [0.5, 0.6) is 0 Å². The molecule has 0 radical (unpaired) electrons. The summed E-state index contributed by atoms with van der Waals surface area (Å²) in [6.45, 7) is 8.18. The predicted molar refractivity (Wildman–Crippen MR) is 97.1 cm³/mol. The lowest BCUT2D eigenvalue weighted by Gasteiger charge is -2.26. The van der Waals surface area contributed by atoms with Crippen LogP contribution >= 0.6 is 11.8 Å². The van der Waals surface area contributed by atoms with Gasteiger partial charge in [-0.25, -0.2) is 4.79 Å². The van der Waals surface area contributed by atoms with Crippen LogP contribution in [-0.2, 0) is 9.53 Å². The maximum atomic E-state index is 12.2. The van der Waals surface area contributed by atoms with Gasteiger partial charge in [-0.1, -0.05) is 26.0 Å². The van der Waals surface area contributed by atoms with Crippen LogP contribution in [0.15, 0.2) is 24.3 Å². The maximum absolute atomic E-state index is 12.2. The first kappa shape index (κ1) is 18.8.